The number of aromatic nitrogens is 1. The number of nitrogens with one attached hydrogen (secondary N) is 1. The molecule has 0 fully saturated rings. The van der Waals surface area contributed by atoms with Crippen LogP contribution in [0, 0.1) is 6.92 Å². The van der Waals surface area contributed by atoms with E-state index in [-0.39, 0.29) is 17.1 Å². The van der Waals surface area contributed by atoms with E-state index < -0.39 is 0 Å². The lowest BCUT2D eigenvalue weighted by atomic mass is 9.87. The van der Waals surface area contributed by atoms with E-state index >= 15 is 0 Å². The SMILES string of the molecule is Cc1c(C(=O)N(C)Cc2ccc(C(C)(C)C)cc2)[nH]c2c1C(=O)CCC2. The van der Waals surface area contributed by atoms with Crippen molar-refractivity contribution >= 4 is 11.7 Å². The highest BCUT2D eigenvalue weighted by molar-refractivity contribution is 6.04. The molecule has 138 valence electrons. The van der Waals surface area contributed by atoms with E-state index in [4.69, 9.17) is 0 Å². The van der Waals surface area contributed by atoms with Crippen molar-refractivity contribution in [2.24, 2.45) is 0 Å². The predicted octanol–water partition coefficient (Wildman–Crippen LogP) is 4.41. The summed E-state index contributed by atoms with van der Waals surface area (Å²) < 4.78 is 0. The average molecular weight is 352 g/mol. The van der Waals surface area contributed by atoms with Gasteiger partial charge in [0.1, 0.15) is 5.69 Å². The summed E-state index contributed by atoms with van der Waals surface area (Å²) in [6.45, 7) is 8.98. The van der Waals surface area contributed by atoms with Gasteiger partial charge in [0, 0.05) is 31.3 Å². The van der Waals surface area contributed by atoms with Crippen LogP contribution in [0.4, 0.5) is 0 Å². The van der Waals surface area contributed by atoms with Crippen LogP contribution in [0.1, 0.15) is 76.8 Å². The maximum atomic E-state index is 12.9. The lowest BCUT2D eigenvalue weighted by molar-refractivity contribution is 0.0779. The molecule has 1 aromatic carbocycles. The van der Waals surface area contributed by atoms with Gasteiger partial charge in [-0.1, -0.05) is 45.0 Å². The zero-order valence-corrected chi connectivity index (χ0v) is 16.4. The molecule has 0 unspecified atom stereocenters. The minimum atomic E-state index is -0.0652. The van der Waals surface area contributed by atoms with Crippen LogP contribution in [0.2, 0.25) is 0 Å². The van der Waals surface area contributed by atoms with Crippen molar-refractivity contribution in [2.45, 2.75) is 58.9 Å². The van der Waals surface area contributed by atoms with Crippen molar-refractivity contribution in [1.29, 1.82) is 0 Å². The van der Waals surface area contributed by atoms with Gasteiger partial charge < -0.3 is 9.88 Å². The van der Waals surface area contributed by atoms with E-state index in [1.54, 1.807) is 11.9 Å². The molecule has 1 heterocycles. The number of hydrogen-bond donors (Lipinski definition) is 1. The average Bonchev–Trinajstić information content (AvgIpc) is 2.92. The maximum absolute atomic E-state index is 12.9. The summed E-state index contributed by atoms with van der Waals surface area (Å²) in [5, 5.41) is 0. The van der Waals surface area contributed by atoms with E-state index in [1.165, 1.54) is 5.56 Å². The number of rotatable bonds is 3. The number of Topliss-reactive ketones (excluding diaryl/α,β-unsaturated/α-hetero) is 1. The molecule has 1 aliphatic rings. The largest absolute Gasteiger partial charge is 0.354 e. The standard InChI is InChI=1S/C22H28N2O2/c1-14-19-17(7-6-8-18(19)25)23-20(14)21(26)24(5)13-15-9-11-16(12-10-15)22(2,3)4/h9-12,23H,6-8,13H2,1-5H3. The van der Waals surface area contributed by atoms with Crippen LogP contribution >= 0.6 is 0 Å². The Morgan fingerprint density at radius 2 is 1.81 bits per heavy atom. The molecular formula is C22H28N2O2. The highest BCUT2D eigenvalue weighted by Gasteiger charge is 2.27. The molecule has 4 nitrogen and oxygen atoms in total. The molecule has 4 heteroatoms. The zero-order chi connectivity index (χ0) is 19.1. The smallest absolute Gasteiger partial charge is 0.270 e. The Kier molecular flexibility index (Phi) is 4.78. The summed E-state index contributed by atoms with van der Waals surface area (Å²) in [6, 6.07) is 8.43. The number of carbonyl (C=O) groups excluding carboxylic acids is 2. The van der Waals surface area contributed by atoms with E-state index in [2.05, 4.69) is 50.0 Å². The molecule has 0 saturated heterocycles. The third-order valence-electron chi connectivity index (χ3n) is 5.24. The summed E-state index contributed by atoms with van der Waals surface area (Å²) >= 11 is 0. The van der Waals surface area contributed by atoms with Gasteiger partial charge in [0.25, 0.3) is 5.91 Å². The fourth-order valence-corrected chi connectivity index (χ4v) is 3.63. The molecule has 1 amide bonds. The maximum Gasteiger partial charge on any atom is 0.270 e. The second kappa shape index (κ2) is 6.75. The van der Waals surface area contributed by atoms with Gasteiger partial charge in [-0.15, -0.1) is 0 Å². The molecule has 0 radical (unpaired) electrons. The fraction of sp³-hybridized carbons (Fsp3) is 0.455. The van der Waals surface area contributed by atoms with Gasteiger partial charge in [-0.25, -0.2) is 0 Å². The number of hydrogen-bond acceptors (Lipinski definition) is 2. The lowest BCUT2D eigenvalue weighted by Crippen LogP contribution is -2.27. The highest BCUT2D eigenvalue weighted by atomic mass is 16.2. The van der Waals surface area contributed by atoms with E-state index in [1.807, 2.05) is 6.92 Å². The van der Waals surface area contributed by atoms with Crippen molar-refractivity contribution in [3.63, 3.8) is 0 Å². The number of ketones is 1. The van der Waals surface area contributed by atoms with Crippen LogP contribution in [0.25, 0.3) is 0 Å². The van der Waals surface area contributed by atoms with Crippen LogP contribution in [0.5, 0.6) is 0 Å². The van der Waals surface area contributed by atoms with Crippen molar-refractivity contribution < 1.29 is 9.59 Å². The van der Waals surface area contributed by atoms with Gasteiger partial charge in [0.2, 0.25) is 0 Å². The first-order valence-corrected chi connectivity index (χ1v) is 9.28. The Bertz CT molecular complexity index is 838. The van der Waals surface area contributed by atoms with Gasteiger partial charge in [-0.05, 0) is 41.9 Å². The molecule has 0 spiro atoms. The van der Waals surface area contributed by atoms with Crippen molar-refractivity contribution in [1.82, 2.24) is 9.88 Å². The van der Waals surface area contributed by atoms with E-state index in [0.29, 0.717) is 18.7 Å². The van der Waals surface area contributed by atoms with Gasteiger partial charge in [0.15, 0.2) is 5.78 Å². The third-order valence-corrected chi connectivity index (χ3v) is 5.24. The second-order valence-electron chi connectivity index (χ2n) is 8.36. The Morgan fingerprint density at radius 1 is 1.15 bits per heavy atom. The Balaban J connectivity index is 1.77. The van der Waals surface area contributed by atoms with Crippen LogP contribution in [-0.2, 0) is 18.4 Å². The summed E-state index contributed by atoms with van der Waals surface area (Å²) in [5.41, 5.74) is 5.50. The molecule has 0 aliphatic heterocycles. The number of aromatic amines is 1. The van der Waals surface area contributed by atoms with Gasteiger partial charge in [-0.3, -0.25) is 9.59 Å². The molecule has 1 N–H and O–H groups in total. The summed E-state index contributed by atoms with van der Waals surface area (Å²) in [4.78, 5) is 30.0. The number of nitrogens with zero attached hydrogens (tertiary/aromatic N) is 1. The first-order valence-electron chi connectivity index (χ1n) is 9.28. The number of amides is 1. The zero-order valence-electron chi connectivity index (χ0n) is 16.4. The monoisotopic (exact) mass is 352 g/mol. The van der Waals surface area contributed by atoms with Gasteiger partial charge in [0.05, 0.1) is 0 Å². The molecule has 1 aromatic heterocycles. The van der Waals surface area contributed by atoms with Crippen molar-refractivity contribution in [2.75, 3.05) is 7.05 Å². The van der Waals surface area contributed by atoms with Gasteiger partial charge in [-0.2, -0.15) is 0 Å². The third kappa shape index (κ3) is 3.46. The topological polar surface area (TPSA) is 53.2 Å². The molecule has 0 atom stereocenters. The Labute approximate surface area is 155 Å². The molecular weight excluding hydrogens is 324 g/mol. The molecule has 3 rings (SSSR count). The van der Waals surface area contributed by atoms with Crippen LogP contribution in [-0.4, -0.2) is 28.6 Å². The molecule has 1 aliphatic carbocycles. The van der Waals surface area contributed by atoms with Crippen LogP contribution < -0.4 is 0 Å². The number of aryl methyl sites for hydroxylation is 1. The second-order valence-corrected chi connectivity index (χ2v) is 8.36. The van der Waals surface area contributed by atoms with Gasteiger partial charge >= 0.3 is 0 Å². The van der Waals surface area contributed by atoms with Crippen molar-refractivity contribution in [3.05, 3.63) is 57.9 Å². The number of carbonyl (C=O) groups is 2. The molecule has 0 bridgehead atoms. The van der Waals surface area contributed by atoms with Crippen LogP contribution in [0.3, 0.4) is 0 Å². The van der Waals surface area contributed by atoms with Crippen LogP contribution in [0.15, 0.2) is 24.3 Å². The number of H-pyrrole nitrogens is 1. The first kappa shape index (κ1) is 18.4. The predicted molar refractivity (Wildman–Crippen MR) is 104 cm³/mol. The summed E-state index contributed by atoms with van der Waals surface area (Å²) in [6.07, 6.45) is 2.28. The number of benzene rings is 1. The normalized spacial score (nSPS) is 14.3. The Morgan fingerprint density at radius 3 is 2.38 bits per heavy atom. The lowest BCUT2D eigenvalue weighted by Gasteiger charge is -2.21. The quantitative estimate of drug-likeness (QED) is 0.889. The first-order chi connectivity index (χ1) is 12.2. The molecule has 0 saturated carbocycles. The summed E-state index contributed by atoms with van der Waals surface area (Å²) in [5.74, 6) is 0.0871. The minimum Gasteiger partial charge on any atom is -0.354 e. The Hall–Kier alpha value is -2.36. The molecule has 26 heavy (non-hydrogen) atoms. The number of fused-ring (bicyclic) bond motifs is 1. The fourth-order valence-electron chi connectivity index (χ4n) is 3.63. The molecule has 2 aromatic rings. The highest BCUT2D eigenvalue weighted by Crippen LogP contribution is 2.27. The van der Waals surface area contributed by atoms with Crippen molar-refractivity contribution in [3.8, 4) is 0 Å². The van der Waals surface area contributed by atoms with E-state index in [0.717, 1.165) is 35.2 Å². The summed E-state index contributed by atoms with van der Waals surface area (Å²) in [7, 11) is 1.81. The van der Waals surface area contributed by atoms with E-state index in [9.17, 15) is 9.59 Å². The minimum absolute atomic E-state index is 0.0652.